The van der Waals surface area contributed by atoms with E-state index in [0.717, 1.165) is 5.31 Å². The quantitative estimate of drug-likeness (QED) is 0.335. The van der Waals surface area contributed by atoms with Crippen LogP contribution in [0.4, 0.5) is 0 Å². The van der Waals surface area contributed by atoms with Gasteiger partial charge in [0.1, 0.15) is 0 Å². The van der Waals surface area contributed by atoms with E-state index < -0.39 is 0 Å². The first kappa shape index (κ1) is 8.87. The maximum absolute atomic E-state index is 5.61. The molecule has 0 heterocycles. The molecule has 0 aromatic rings. The lowest BCUT2D eigenvalue weighted by Crippen LogP contribution is -1.71. The first-order valence-corrected chi connectivity index (χ1v) is 3.36. The van der Waals surface area contributed by atoms with Gasteiger partial charge in [-0.25, -0.2) is 0 Å². The SMILES string of the molecule is C=C(P)/C=C(/Cl)C=NC. The Labute approximate surface area is 62.7 Å². The van der Waals surface area contributed by atoms with E-state index in [0.29, 0.717) is 5.03 Å². The van der Waals surface area contributed by atoms with Crippen molar-refractivity contribution in [3.63, 3.8) is 0 Å². The Morgan fingerprint density at radius 1 is 1.78 bits per heavy atom. The average molecular weight is 162 g/mol. The third-order valence-corrected chi connectivity index (χ3v) is 0.949. The first-order chi connectivity index (χ1) is 4.16. The summed E-state index contributed by atoms with van der Waals surface area (Å²) in [5.41, 5.74) is 0. The smallest absolute Gasteiger partial charge is 0.0590 e. The van der Waals surface area contributed by atoms with Crippen molar-refractivity contribution in [2.24, 2.45) is 4.99 Å². The molecule has 0 aliphatic heterocycles. The van der Waals surface area contributed by atoms with E-state index in [1.165, 1.54) is 0 Å². The van der Waals surface area contributed by atoms with Gasteiger partial charge in [-0.1, -0.05) is 18.2 Å². The summed E-state index contributed by atoms with van der Waals surface area (Å²) in [4.78, 5) is 3.71. The van der Waals surface area contributed by atoms with Crippen LogP contribution in [0.1, 0.15) is 0 Å². The summed E-state index contributed by atoms with van der Waals surface area (Å²) in [7, 11) is 4.10. The molecule has 0 spiro atoms. The van der Waals surface area contributed by atoms with Gasteiger partial charge in [0, 0.05) is 13.3 Å². The summed E-state index contributed by atoms with van der Waals surface area (Å²) in [6.07, 6.45) is 3.29. The van der Waals surface area contributed by atoms with Crippen LogP contribution in [0.5, 0.6) is 0 Å². The second-order valence-corrected chi connectivity index (χ2v) is 2.67. The summed E-state index contributed by atoms with van der Waals surface area (Å²) in [5, 5.41) is 1.44. The Bertz CT molecular complexity index is 160. The Morgan fingerprint density at radius 3 is 2.67 bits per heavy atom. The molecule has 0 radical (unpaired) electrons. The van der Waals surface area contributed by atoms with Gasteiger partial charge >= 0.3 is 0 Å². The molecule has 0 aromatic carbocycles. The van der Waals surface area contributed by atoms with Crippen LogP contribution < -0.4 is 0 Å². The molecule has 9 heavy (non-hydrogen) atoms. The van der Waals surface area contributed by atoms with Crippen LogP contribution in [0, 0.1) is 0 Å². The molecule has 0 aliphatic carbocycles. The molecule has 0 bridgehead atoms. The normalized spacial score (nSPS) is 12.6. The lowest BCUT2D eigenvalue weighted by molar-refractivity contribution is 1.47. The molecule has 0 saturated heterocycles. The molecule has 0 fully saturated rings. The molecule has 0 aromatic heterocycles. The maximum atomic E-state index is 5.61. The number of halogens is 1. The summed E-state index contributed by atoms with van der Waals surface area (Å²) >= 11 is 5.61. The fourth-order valence-corrected chi connectivity index (χ4v) is 0.861. The Kier molecular flexibility index (Phi) is 4.65. The average Bonchev–Trinajstić information content (AvgIpc) is 1.63. The highest BCUT2D eigenvalue weighted by Gasteiger charge is 1.82. The summed E-state index contributed by atoms with van der Waals surface area (Å²) in [6.45, 7) is 3.62. The van der Waals surface area contributed by atoms with Crippen LogP contribution in [0.2, 0.25) is 0 Å². The van der Waals surface area contributed by atoms with Gasteiger partial charge in [0.15, 0.2) is 0 Å². The zero-order chi connectivity index (χ0) is 7.28. The van der Waals surface area contributed by atoms with Gasteiger partial charge in [0.05, 0.1) is 5.03 Å². The van der Waals surface area contributed by atoms with Crippen LogP contribution in [0.15, 0.2) is 28.0 Å². The van der Waals surface area contributed by atoms with E-state index in [9.17, 15) is 0 Å². The summed E-state index contributed by atoms with van der Waals surface area (Å²) in [6, 6.07) is 0. The number of hydrogen-bond donors (Lipinski definition) is 0. The summed E-state index contributed by atoms with van der Waals surface area (Å²) < 4.78 is 0. The van der Waals surface area contributed by atoms with E-state index in [1.54, 1.807) is 19.3 Å². The second kappa shape index (κ2) is 4.72. The topological polar surface area (TPSA) is 12.4 Å². The lowest BCUT2D eigenvalue weighted by Gasteiger charge is -1.85. The van der Waals surface area contributed by atoms with Gasteiger partial charge in [-0.15, -0.1) is 9.24 Å². The van der Waals surface area contributed by atoms with Crippen LogP contribution in [0.3, 0.4) is 0 Å². The number of allylic oxidation sites excluding steroid dienone is 3. The third kappa shape index (κ3) is 5.75. The molecule has 0 N–H and O–H groups in total. The highest BCUT2D eigenvalue weighted by Crippen LogP contribution is 2.08. The predicted octanol–water partition coefficient (Wildman–Crippen LogP) is 2.20. The van der Waals surface area contributed by atoms with Crippen molar-refractivity contribution in [1.82, 2.24) is 0 Å². The van der Waals surface area contributed by atoms with Crippen LogP contribution in [-0.2, 0) is 0 Å². The van der Waals surface area contributed by atoms with E-state index in [-0.39, 0.29) is 0 Å². The molecular formula is C6H9ClNP. The molecule has 0 saturated carbocycles. The molecular weight excluding hydrogens is 152 g/mol. The molecule has 1 nitrogen and oxygen atoms in total. The number of rotatable bonds is 2. The molecule has 0 amide bonds. The van der Waals surface area contributed by atoms with Gasteiger partial charge in [-0.05, 0) is 11.4 Å². The highest BCUT2D eigenvalue weighted by atomic mass is 35.5. The minimum atomic E-state index is 0.595. The molecule has 0 aliphatic rings. The number of aliphatic imine (C=N–C) groups is 1. The predicted molar refractivity (Wildman–Crippen MR) is 47.2 cm³/mol. The van der Waals surface area contributed by atoms with E-state index in [1.807, 2.05) is 0 Å². The second-order valence-electron chi connectivity index (χ2n) is 1.49. The maximum Gasteiger partial charge on any atom is 0.0590 e. The fourth-order valence-electron chi connectivity index (χ4n) is 0.338. The van der Waals surface area contributed by atoms with Crippen molar-refractivity contribution in [2.75, 3.05) is 7.05 Å². The van der Waals surface area contributed by atoms with Crippen molar-refractivity contribution in [3.8, 4) is 0 Å². The van der Waals surface area contributed by atoms with Gasteiger partial charge in [0.2, 0.25) is 0 Å². The van der Waals surface area contributed by atoms with Crippen molar-refractivity contribution in [3.05, 3.63) is 23.0 Å². The minimum Gasteiger partial charge on any atom is -0.295 e. The van der Waals surface area contributed by atoms with Crippen LogP contribution in [-0.4, -0.2) is 13.3 Å². The minimum absolute atomic E-state index is 0.595. The standard InChI is InChI=1S/C6H9ClNP/c1-5(9)3-6(7)4-8-2/h3-4H,1,9H2,2H3/b6-3+,8-4?. The molecule has 1 unspecified atom stereocenters. The van der Waals surface area contributed by atoms with Gasteiger partial charge in [0.25, 0.3) is 0 Å². The molecule has 3 heteroatoms. The fraction of sp³-hybridized carbons (Fsp3) is 0.167. The van der Waals surface area contributed by atoms with Gasteiger partial charge in [-0.3, -0.25) is 4.99 Å². The van der Waals surface area contributed by atoms with Crippen LogP contribution >= 0.6 is 20.8 Å². The van der Waals surface area contributed by atoms with Crippen LogP contribution in [0.25, 0.3) is 0 Å². The third-order valence-electron chi connectivity index (χ3n) is 0.576. The Hall–Kier alpha value is -0.130. The number of hydrogen-bond acceptors (Lipinski definition) is 1. The van der Waals surface area contributed by atoms with Crippen molar-refractivity contribution < 1.29 is 0 Å². The lowest BCUT2D eigenvalue weighted by atomic mass is 10.5. The molecule has 50 valence electrons. The highest BCUT2D eigenvalue weighted by molar-refractivity contribution is 7.22. The first-order valence-electron chi connectivity index (χ1n) is 2.40. The molecule has 1 atom stereocenters. The largest absolute Gasteiger partial charge is 0.295 e. The Morgan fingerprint density at radius 2 is 2.33 bits per heavy atom. The number of nitrogens with zero attached hydrogens (tertiary/aromatic N) is 1. The zero-order valence-electron chi connectivity index (χ0n) is 5.26. The van der Waals surface area contributed by atoms with Crippen molar-refractivity contribution in [1.29, 1.82) is 0 Å². The van der Waals surface area contributed by atoms with Gasteiger partial charge < -0.3 is 0 Å². The monoisotopic (exact) mass is 161 g/mol. The Balaban J connectivity index is 4.00. The molecule has 0 rings (SSSR count). The van der Waals surface area contributed by atoms with Crippen molar-refractivity contribution in [2.45, 2.75) is 0 Å². The van der Waals surface area contributed by atoms with Crippen molar-refractivity contribution >= 4 is 27.1 Å². The van der Waals surface area contributed by atoms with E-state index in [4.69, 9.17) is 11.6 Å². The van der Waals surface area contributed by atoms with E-state index in [2.05, 4.69) is 20.8 Å². The van der Waals surface area contributed by atoms with Gasteiger partial charge in [-0.2, -0.15) is 0 Å². The zero-order valence-corrected chi connectivity index (χ0v) is 7.17. The summed E-state index contributed by atoms with van der Waals surface area (Å²) in [5.74, 6) is 0. The van der Waals surface area contributed by atoms with E-state index >= 15 is 0 Å².